The van der Waals surface area contributed by atoms with Gasteiger partial charge in [0, 0.05) is 37.2 Å². The summed E-state index contributed by atoms with van der Waals surface area (Å²) in [4.78, 5) is 14.5. The number of nitrogens with zero attached hydrogens (tertiary/aromatic N) is 1. The Morgan fingerprint density at radius 2 is 1.83 bits per heavy atom. The molecule has 0 unspecified atom stereocenters. The average Bonchev–Trinajstić information content (AvgIpc) is 3.02. The molecule has 7 heteroatoms. The summed E-state index contributed by atoms with van der Waals surface area (Å²) in [5.74, 6) is 1.63. The van der Waals surface area contributed by atoms with Gasteiger partial charge in [-0.3, -0.25) is 9.69 Å². The van der Waals surface area contributed by atoms with Crippen molar-refractivity contribution < 1.29 is 23.8 Å². The molecule has 0 radical (unpaired) electrons. The smallest absolute Gasteiger partial charge is 0.223 e. The molecule has 1 aromatic rings. The van der Waals surface area contributed by atoms with E-state index in [-0.39, 0.29) is 23.7 Å². The van der Waals surface area contributed by atoms with E-state index in [2.05, 4.69) is 10.2 Å². The Morgan fingerprint density at radius 3 is 2.45 bits per heavy atom. The minimum Gasteiger partial charge on any atom is -0.493 e. The number of carbonyl (C=O) groups excluding carboxylic acids is 1. The zero-order valence-corrected chi connectivity index (χ0v) is 17.2. The van der Waals surface area contributed by atoms with Gasteiger partial charge in [0.2, 0.25) is 5.91 Å². The third-order valence-corrected chi connectivity index (χ3v) is 6.97. The number of likely N-dealkylation sites (tertiary alicyclic amines) is 1. The number of nitrogens with one attached hydrogen (secondary N) is 1. The van der Waals surface area contributed by atoms with Crippen molar-refractivity contribution in [2.45, 2.75) is 50.8 Å². The number of halogens is 1. The molecule has 6 nitrogen and oxygen atoms in total. The first-order valence-corrected chi connectivity index (χ1v) is 10.6. The maximum atomic E-state index is 14.5. The summed E-state index contributed by atoms with van der Waals surface area (Å²) in [5, 5.41) is 13.6. The highest BCUT2D eigenvalue weighted by atomic mass is 19.1. The van der Waals surface area contributed by atoms with Gasteiger partial charge in [0.1, 0.15) is 5.82 Å². The molecule has 2 saturated carbocycles. The average molecular weight is 406 g/mol. The predicted octanol–water partition coefficient (Wildman–Crippen LogP) is 2.33. The molecule has 4 rings (SSSR count). The van der Waals surface area contributed by atoms with E-state index < -0.39 is 6.10 Å². The van der Waals surface area contributed by atoms with E-state index in [1.165, 1.54) is 13.2 Å². The highest BCUT2D eigenvalue weighted by molar-refractivity contribution is 5.79. The Balaban J connectivity index is 1.38. The fourth-order valence-corrected chi connectivity index (χ4v) is 5.04. The van der Waals surface area contributed by atoms with Crippen LogP contribution < -0.4 is 14.8 Å². The van der Waals surface area contributed by atoms with E-state index in [9.17, 15) is 14.3 Å². The van der Waals surface area contributed by atoms with Gasteiger partial charge in [-0.05, 0) is 43.6 Å². The number of benzene rings is 1. The van der Waals surface area contributed by atoms with Crippen molar-refractivity contribution in [3.8, 4) is 11.5 Å². The van der Waals surface area contributed by atoms with Gasteiger partial charge in [0.05, 0.1) is 26.4 Å². The Morgan fingerprint density at radius 1 is 1.17 bits per heavy atom. The SMILES string of the molecule is COc1cc(F)c(CN2C[C@H]3C[C@H](O)[C@@H](NC(=O)C4CCC4)C[C@H]3C2)cc1OC. The number of aliphatic hydroxyl groups is 1. The zero-order chi connectivity index (χ0) is 20.5. The van der Waals surface area contributed by atoms with Crippen LogP contribution in [0.5, 0.6) is 11.5 Å². The van der Waals surface area contributed by atoms with Crippen molar-refractivity contribution in [1.29, 1.82) is 0 Å². The Kier molecular flexibility index (Phi) is 5.97. The molecule has 1 amide bonds. The molecule has 1 saturated heterocycles. The molecule has 3 aliphatic rings. The van der Waals surface area contributed by atoms with E-state index in [1.54, 1.807) is 13.2 Å². The molecule has 2 N–H and O–H groups in total. The first-order chi connectivity index (χ1) is 14.0. The van der Waals surface area contributed by atoms with Crippen LogP contribution in [0.25, 0.3) is 0 Å². The summed E-state index contributed by atoms with van der Waals surface area (Å²) in [6.45, 7) is 2.17. The first kappa shape index (κ1) is 20.4. The summed E-state index contributed by atoms with van der Waals surface area (Å²) in [6.07, 6.45) is 4.02. The van der Waals surface area contributed by atoms with Gasteiger partial charge in [0.25, 0.3) is 0 Å². The second kappa shape index (κ2) is 8.48. The monoisotopic (exact) mass is 406 g/mol. The molecule has 0 spiro atoms. The number of aliphatic hydroxyl groups excluding tert-OH is 1. The molecule has 4 atom stereocenters. The second-order valence-electron chi connectivity index (χ2n) is 8.79. The lowest BCUT2D eigenvalue weighted by molar-refractivity contribution is -0.129. The highest BCUT2D eigenvalue weighted by Gasteiger charge is 2.42. The highest BCUT2D eigenvalue weighted by Crippen LogP contribution is 2.38. The number of fused-ring (bicyclic) bond motifs is 1. The lowest BCUT2D eigenvalue weighted by Crippen LogP contribution is -2.51. The molecule has 3 fully saturated rings. The Labute approximate surface area is 171 Å². The standard InChI is InChI=1S/C22H31FN2O4/c1-28-20-8-16(17(23)9-21(20)29-2)12-25-10-14-6-18(19(26)7-15(14)11-25)24-22(27)13-4-3-5-13/h8-9,13-15,18-19,26H,3-7,10-12H2,1-2H3,(H,24,27)/t14-,15+,18-,19-/m0/s1. The Hall–Kier alpha value is -1.86. The molecule has 0 aromatic heterocycles. The molecule has 2 aliphatic carbocycles. The van der Waals surface area contributed by atoms with E-state index in [0.29, 0.717) is 41.9 Å². The fourth-order valence-electron chi connectivity index (χ4n) is 5.04. The Bertz CT molecular complexity index is 755. The van der Waals surface area contributed by atoms with E-state index >= 15 is 0 Å². The number of hydrogen-bond acceptors (Lipinski definition) is 5. The quantitative estimate of drug-likeness (QED) is 0.759. The van der Waals surface area contributed by atoms with Crippen LogP contribution in [0.2, 0.25) is 0 Å². The van der Waals surface area contributed by atoms with Crippen molar-refractivity contribution >= 4 is 5.91 Å². The van der Waals surface area contributed by atoms with Gasteiger partial charge >= 0.3 is 0 Å². The number of carbonyl (C=O) groups is 1. The molecule has 160 valence electrons. The number of ether oxygens (including phenoxy) is 2. The number of amides is 1. The van der Waals surface area contributed by atoms with Crippen LogP contribution in [0.1, 0.15) is 37.7 Å². The van der Waals surface area contributed by atoms with Gasteiger partial charge in [-0.25, -0.2) is 4.39 Å². The van der Waals surface area contributed by atoms with Crippen molar-refractivity contribution in [3.63, 3.8) is 0 Å². The number of methoxy groups -OCH3 is 2. The minimum atomic E-state index is -0.502. The van der Waals surface area contributed by atoms with E-state index in [1.807, 2.05) is 0 Å². The first-order valence-electron chi connectivity index (χ1n) is 10.6. The van der Waals surface area contributed by atoms with Gasteiger partial charge in [-0.15, -0.1) is 0 Å². The molecular weight excluding hydrogens is 375 g/mol. The van der Waals surface area contributed by atoms with Crippen LogP contribution in [0.3, 0.4) is 0 Å². The van der Waals surface area contributed by atoms with Gasteiger partial charge in [-0.2, -0.15) is 0 Å². The van der Waals surface area contributed by atoms with Gasteiger partial charge in [0.15, 0.2) is 11.5 Å². The summed E-state index contributed by atoms with van der Waals surface area (Å²) >= 11 is 0. The predicted molar refractivity (Wildman–Crippen MR) is 106 cm³/mol. The maximum absolute atomic E-state index is 14.5. The van der Waals surface area contributed by atoms with Gasteiger partial charge in [-0.1, -0.05) is 6.42 Å². The van der Waals surface area contributed by atoms with Crippen molar-refractivity contribution in [3.05, 3.63) is 23.5 Å². The number of rotatable bonds is 6. The van der Waals surface area contributed by atoms with Crippen LogP contribution >= 0.6 is 0 Å². The molecule has 1 aromatic carbocycles. The van der Waals surface area contributed by atoms with E-state index in [4.69, 9.17) is 9.47 Å². The van der Waals surface area contributed by atoms with Crippen LogP contribution in [0, 0.1) is 23.6 Å². The molecular formula is C22H31FN2O4. The maximum Gasteiger partial charge on any atom is 0.223 e. The minimum absolute atomic E-state index is 0.0982. The lowest BCUT2D eigenvalue weighted by atomic mass is 9.77. The molecule has 1 aliphatic heterocycles. The summed E-state index contributed by atoms with van der Waals surface area (Å²) in [7, 11) is 3.04. The molecule has 0 bridgehead atoms. The summed E-state index contributed by atoms with van der Waals surface area (Å²) in [5.41, 5.74) is 0.580. The lowest BCUT2D eigenvalue weighted by Gasteiger charge is -2.37. The van der Waals surface area contributed by atoms with Crippen LogP contribution in [0.15, 0.2) is 12.1 Å². The summed E-state index contributed by atoms with van der Waals surface area (Å²) < 4.78 is 25.0. The fraction of sp³-hybridized carbons (Fsp3) is 0.682. The summed E-state index contributed by atoms with van der Waals surface area (Å²) in [6, 6.07) is 2.90. The van der Waals surface area contributed by atoms with E-state index in [0.717, 1.165) is 38.8 Å². The van der Waals surface area contributed by atoms with Crippen LogP contribution in [-0.4, -0.2) is 55.4 Å². The van der Waals surface area contributed by atoms with Crippen LogP contribution in [0.4, 0.5) is 4.39 Å². The van der Waals surface area contributed by atoms with Crippen molar-refractivity contribution in [2.75, 3.05) is 27.3 Å². The topological polar surface area (TPSA) is 71.0 Å². The second-order valence-corrected chi connectivity index (χ2v) is 8.79. The zero-order valence-electron chi connectivity index (χ0n) is 17.2. The third-order valence-electron chi connectivity index (χ3n) is 6.97. The third kappa shape index (κ3) is 4.21. The largest absolute Gasteiger partial charge is 0.493 e. The normalized spacial score (nSPS) is 29.8. The van der Waals surface area contributed by atoms with Crippen molar-refractivity contribution in [2.24, 2.45) is 17.8 Å². The molecule has 29 heavy (non-hydrogen) atoms. The van der Waals surface area contributed by atoms with Gasteiger partial charge < -0.3 is 19.9 Å². The van der Waals surface area contributed by atoms with Crippen LogP contribution in [-0.2, 0) is 11.3 Å². The van der Waals surface area contributed by atoms with Crippen molar-refractivity contribution in [1.82, 2.24) is 10.2 Å². The number of hydrogen-bond donors (Lipinski definition) is 2. The molecule has 1 heterocycles.